The van der Waals surface area contributed by atoms with E-state index in [0.29, 0.717) is 16.6 Å². The summed E-state index contributed by atoms with van der Waals surface area (Å²) in [6.07, 6.45) is -6.17. The molecule has 1 aromatic rings. The monoisotopic (exact) mass is 479 g/mol. The number of nitrogens with one attached hydrogen (secondary N) is 3. The van der Waals surface area contributed by atoms with Crippen LogP contribution in [0, 0.1) is 0 Å². The fourth-order valence-electron chi connectivity index (χ4n) is 3.26. The quantitative estimate of drug-likeness (QED) is 0.593. The van der Waals surface area contributed by atoms with Crippen molar-refractivity contribution in [2.24, 2.45) is 0 Å². The zero-order chi connectivity index (χ0) is 20.9. The summed E-state index contributed by atoms with van der Waals surface area (Å²) >= 11 is 3.47. The fourth-order valence-corrected chi connectivity index (χ4v) is 3.70. The highest BCUT2D eigenvalue weighted by Crippen LogP contribution is 2.43. The number of hydrogen-bond acceptors (Lipinski definition) is 8. The maximum atomic E-state index is 12.6. The van der Waals surface area contributed by atoms with Crippen LogP contribution in [0.5, 0.6) is 5.75 Å². The first kappa shape index (κ1) is 20.0. The summed E-state index contributed by atoms with van der Waals surface area (Å²) in [5, 5.41) is 6.98. The third kappa shape index (κ3) is 3.69. The van der Waals surface area contributed by atoms with Crippen molar-refractivity contribution in [1.29, 1.82) is 0 Å². The topological polar surface area (TPSA) is 95.2 Å². The minimum Gasteiger partial charge on any atom is -0.488 e. The fraction of sp³-hybridized carbons (Fsp3) is 0.500. The van der Waals surface area contributed by atoms with E-state index in [1.54, 1.807) is 24.0 Å². The number of fused-ring (bicyclic) bond motifs is 3. The number of benzene rings is 1. The minimum atomic E-state index is -5.20. The van der Waals surface area contributed by atoms with Gasteiger partial charge in [-0.15, -0.1) is 0 Å². The van der Waals surface area contributed by atoms with Gasteiger partial charge < -0.3 is 25.1 Å². The van der Waals surface area contributed by atoms with E-state index in [1.165, 1.54) is 0 Å². The summed E-state index contributed by atoms with van der Waals surface area (Å²) < 4.78 is 44.3. The van der Waals surface area contributed by atoms with Crippen molar-refractivity contribution in [2.75, 3.05) is 29.9 Å². The van der Waals surface area contributed by atoms with Crippen molar-refractivity contribution in [3.05, 3.63) is 16.6 Å². The van der Waals surface area contributed by atoms with Gasteiger partial charge >= 0.3 is 12.1 Å². The molecule has 1 aromatic carbocycles. The first-order valence-electron chi connectivity index (χ1n) is 8.76. The predicted octanol–water partition coefficient (Wildman–Crippen LogP) is 1.11. The second-order valence-electron chi connectivity index (χ2n) is 6.85. The van der Waals surface area contributed by atoms with E-state index in [9.17, 15) is 22.8 Å². The van der Waals surface area contributed by atoms with Crippen LogP contribution in [0.15, 0.2) is 16.6 Å². The molecule has 0 aromatic heterocycles. The number of ether oxygens (including phenoxy) is 1. The number of hydrogen-bond donors (Lipinski definition) is 3. The van der Waals surface area contributed by atoms with Gasteiger partial charge in [-0.25, -0.2) is 4.79 Å². The van der Waals surface area contributed by atoms with E-state index in [0.717, 1.165) is 23.2 Å². The van der Waals surface area contributed by atoms with Crippen molar-refractivity contribution in [3.8, 4) is 5.75 Å². The Morgan fingerprint density at radius 1 is 1.38 bits per heavy atom. The van der Waals surface area contributed by atoms with E-state index >= 15 is 0 Å². The molecule has 2 fully saturated rings. The van der Waals surface area contributed by atoms with Gasteiger partial charge in [-0.05, 0) is 40.2 Å². The molecule has 1 amide bonds. The molecular formula is C16H17BrF3N5O4. The Labute approximate surface area is 171 Å². The second kappa shape index (κ2) is 7.22. The van der Waals surface area contributed by atoms with Crippen LogP contribution in [0.3, 0.4) is 0 Å². The Morgan fingerprint density at radius 2 is 2.10 bits per heavy atom. The molecule has 29 heavy (non-hydrogen) atoms. The lowest BCUT2D eigenvalue weighted by molar-refractivity contribution is -0.265. The number of nitrogens with zero attached hydrogens (tertiary/aromatic N) is 2. The van der Waals surface area contributed by atoms with E-state index in [4.69, 9.17) is 4.74 Å². The zero-order valence-electron chi connectivity index (χ0n) is 15.0. The molecular weight excluding hydrogens is 463 g/mol. The molecule has 2 unspecified atom stereocenters. The molecule has 0 spiro atoms. The number of anilines is 2. The maximum Gasteiger partial charge on any atom is 0.492 e. The zero-order valence-corrected chi connectivity index (χ0v) is 16.6. The Balaban J connectivity index is 1.65. The van der Waals surface area contributed by atoms with Crippen LogP contribution < -0.4 is 25.7 Å². The first-order chi connectivity index (χ1) is 13.6. The molecule has 0 bridgehead atoms. The van der Waals surface area contributed by atoms with Crippen LogP contribution in [-0.4, -0.2) is 61.2 Å². The molecule has 2 saturated heterocycles. The summed E-state index contributed by atoms with van der Waals surface area (Å²) in [4.78, 5) is 29.6. The highest BCUT2D eigenvalue weighted by molar-refractivity contribution is 9.10. The smallest absolute Gasteiger partial charge is 0.488 e. The second-order valence-corrected chi connectivity index (χ2v) is 7.71. The standard InChI is InChI=1S/C16H17BrF3N5O4/c1-7-14(26)23-25(29-15(27)16(18,19)20)13-6-28-12-2-9(17)10(3-11(12)24(7)13)22-8-4-21-5-8/h2-3,7-8,13,21-22H,4-6H2,1H3,(H,23,26). The lowest BCUT2D eigenvalue weighted by Gasteiger charge is -2.48. The molecule has 3 aliphatic rings. The number of alkyl halides is 3. The van der Waals surface area contributed by atoms with Crippen LogP contribution >= 0.6 is 15.9 Å². The summed E-state index contributed by atoms with van der Waals surface area (Å²) in [5.74, 6) is -2.60. The van der Waals surface area contributed by atoms with Gasteiger partial charge in [0.2, 0.25) is 0 Å². The van der Waals surface area contributed by atoms with Crippen LogP contribution in [0.4, 0.5) is 24.5 Å². The summed E-state index contributed by atoms with van der Waals surface area (Å²) in [6, 6.07) is 2.98. The third-order valence-electron chi connectivity index (χ3n) is 4.88. The molecule has 3 heterocycles. The van der Waals surface area contributed by atoms with Gasteiger partial charge in [0.1, 0.15) is 18.4 Å². The number of amides is 1. The van der Waals surface area contributed by atoms with E-state index < -0.39 is 30.3 Å². The highest BCUT2D eigenvalue weighted by Gasteiger charge is 2.49. The number of hydroxylamine groups is 1. The summed E-state index contributed by atoms with van der Waals surface area (Å²) in [5.41, 5.74) is 3.41. The van der Waals surface area contributed by atoms with Crippen molar-refractivity contribution in [2.45, 2.75) is 31.3 Å². The van der Waals surface area contributed by atoms with E-state index in [-0.39, 0.29) is 12.6 Å². The van der Waals surface area contributed by atoms with E-state index in [1.807, 2.05) is 0 Å². The van der Waals surface area contributed by atoms with Gasteiger partial charge in [0.05, 0.1) is 17.4 Å². The van der Waals surface area contributed by atoms with Crippen molar-refractivity contribution < 1.29 is 32.3 Å². The maximum absolute atomic E-state index is 12.6. The van der Waals surface area contributed by atoms with Crippen molar-refractivity contribution in [1.82, 2.24) is 15.9 Å². The average Bonchev–Trinajstić information content (AvgIpc) is 2.61. The molecule has 0 radical (unpaired) electrons. The number of carbonyl (C=O) groups excluding carboxylic acids is 2. The number of carbonyl (C=O) groups is 2. The van der Waals surface area contributed by atoms with Crippen LogP contribution in [0.1, 0.15) is 6.92 Å². The molecule has 2 atom stereocenters. The van der Waals surface area contributed by atoms with Gasteiger partial charge in [-0.1, -0.05) is 0 Å². The Kier molecular flexibility index (Phi) is 4.99. The number of rotatable bonds is 3. The van der Waals surface area contributed by atoms with Crippen molar-refractivity contribution >= 4 is 39.2 Å². The van der Waals surface area contributed by atoms with E-state index in [2.05, 4.69) is 36.8 Å². The molecule has 3 aliphatic heterocycles. The lowest BCUT2D eigenvalue weighted by Crippen LogP contribution is -2.70. The molecule has 0 saturated carbocycles. The van der Waals surface area contributed by atoms with Crippen molar-refractivity contribution in [3.63, 3.8) is 0 Å². The summed E-state index contributed by atoms with van der Waals surface area (Å²) in [6.45, 7) is 3.07. The molecule has 158 valence electrons. The average molecular weight is 480 g/mol. The highest BCUT2D eigenvalue weighted by atomic mass is 79.9. The van der Waals surface area contributed by atoms with Crippen LogP contribution in [0.25, 0.3) is 0 Å². The number of halogens is 4. The Morgan fingerprint density at radius 3 is 2.72 bits per heavy atom. The van der Waals surface area contributed by atoms with Crippen LogP contribution in [0.2, 0.25) is 0 Å². The lowest BCUT2D eigenvalue weighted by atomic mass is 10.1. The van der Waals surface area contributed by atoms with Gasteiger partial charge in [0.15, 0.2) is 6.17 Å². The normalized spacial score (nSPS) is 24.6. The third-order valence-corrected chi connectivity index (χ3v) is 5.53. The molecule has 9 nitrogen and oxygen atoms in total. The Bertz CT molecular complexity index is 851. The largest absolute Gasteiger partial charge is 0.492 e. The van der Waals surface area contributed by atoms with Gasteiger partial charge in [0, 0.05) is 17.6 Å². The number of hydrazine groups is 1. The SMILES string of the molecule is CC1C(=O)NN(OC(=O)C(F)(F)F)C2COc3cc(Br)c(NC4CNC4)cc3N12. The molecule has 13 heteroatoms. The Hall–Kier alpha value is -2.25. The predicted molar refractivity (Wildman–Crippen MR) is 97.8 cm³/mol. The summed E-state index contributed by atoms with van der Waals surface area (Å²) in [7, 11) is 0. The minimum absolute atomic E-state index is 0.130. The van der Waals surface area contributed by atoms with Crippen LogP contribution in [-0.2, 0) is 14.4 Å². The van der Waals surface area contributed by atoms with Gasteiger partial charge in [-0.3, -0.25) is 10.2 Å². The molecule has 4 rings (SSSR count). The van der Waals surface area contributed by atoms with Gasteiger partial charge in [0.25, 0.3) is 5.91 Å². The molecule has 0 aliphatic carbocycles. The first-order valence-corrected chi connectivity index (χ1v) is 9.55. The van der Waals surface area contributed by atoms with Gasteiger partial charge in [-0.2, -0.15) is 13.2 Å². The molecule has 3 N–H and O–H groups in total.